The molecule has 0 bridgehead atoms. The second-order valence-electron chi connectivity index (χ2n) is 2.56. The first-order chi connectivity index (χ1) is 6.81. The van der Waals surface area contributed by atoms with Crippen LogP contribution in [0.4, 0.5) is 0 Å². The number of alkyl halides is 1. The van der Waals surface area contributed by atoms with E-state index in [4.69, 9.17) is 11.6 Å². The predicted octanol–water partition coefficient (Wildman–Crippen LogP) is 2.16. The van der Waals surface area contributed by atoms with Gasteiger partial charge in [0.25, 0.3) is 0 Å². The Bertz CT molecular complexity index is 425. The molecule has 2 rings (SSSR count). The van der Waals surface area contributed by atoms with Crippen LogP contribution in [0.1, 0.15) is 5.82 Å². The Hall–Kier alpha value is -0.940. The van der Waals surface area contributed by atoms with Crippen LogP contribution in [0.2, 0.25) is 0 Å². The van der Waals surface area contributed by atoms with E-state index in [1.54, 1.807) is 10.9 Å². The Morgan fingerprint density at radius 2 is 2.21 bits per heavy atom. The minimum Gasteiger partial charge on any atom is -0.236 e. The number of aromatic nitrogens is 4. The van der Waals surface area contributed by atoms with E-state index in [9.17, 15) is 0 Å². The van der Waals surface area contributed by atoms with Crippen molar-refractivity contribution in [2.75, 3.05) is 0 Å². The molecule has 0 saturated heterocycles. The van der Waals surface area contributed by atoms with Crippen LogP contribution in [0, 0.1) is 0 Å². The van der Waals surface area contributed by atoms with Gasteiger partial charge in [0.05, 0.1) is 5.88 Å². The number of nitrogens with zero attached hydrogens (tertiary/aromatic N) is 4. The molecular weight excluding hydrogens is 267 g/mol. The van der Waals surface area contributed by atoms with Gasteiger partial charge in [-0.3, -0.25) is 0 Å². The molecule has 0 radical (unpaired) electrons. The minimum absolute atomic E-state index is 0.317. The number of pyridine rings is 1. The van der Waals surface area contributed by atoms with E-state index in [0.29, 0.717) is 17.5 Å². The summed E-state index contributed by atoms with van der Waals surface area (Å²) in [7, 11) is 0. The van der Waals surface area contributed by atoms with Gasteiger partial charge in [0.1, 0.15) is 12.2 Å². The van der Waals surface area contributed by atoms with Crippen molar-refractivity contribution >= 4 is 27.5 Å². The smallest absolute Gasteiger partial charge is 0.155 e. The van der Waals surface area contributed by atoms with E-state index in [1.807, 2.05) is 12.1 Å². The molecule has 0 aliphatic heterocycles. The SMILES string of the molecule is ClCc1ncnn1-c1ccc(Br)cn1. The van der Waals surface area contributed by atoms with Gasteiger partial charge >= 0.3 is 0 Å². The van der Waals surface area contributed by atoms with Gasteiger partial charge in [-0.1, -0.05) is 0 Å². The van der Waals surface area contributed by atoms with Crippen molar-refractivity contribution in [2.24, 2.45) is 0 Å². The lowest BCUT2D eigenvalue weighted by atomic mass is 10.4. The van der Waals surface area contributed by atoms with Crippen LogP contribution in [0.15, 0.2) is 29.1 Å². The summed E-state index contributed by atoms with van der Waals surface area (Å²) in [5.74, 6) is 1.71. The van der Waals surface area contributed by atoms with Crippen LogP contribution in [0.25, 0.3) is 5.82 Å². The lowest BCUT2D eigenvalue weighted by Gasteiger charge is -2.01. The fourth-order valence-electron chi connectivity index (χ4n) is 1.04. The first kappa shape index (κ1) is 9.61. The van der Waals surface area contributed by atoms with E-state index in [0.717, 1.165) is 4.47 Å². The number of hydrogen-bond donors (Lipinski definition) is 0. The van der Waals surface area contributed by atoms with Crippen molar-refractivity contribution in [2.45, 2.75) is 5.88 Å². The Balaban J connectivity index is 2.44. The summed E-state index contributed by atoms with van der Waals surface area (Å²) in [6.45, 7) is 0. The zero-order valence-corrected chi connectivity index (χ0v) is 9.40. The van der Waals surface area contributed by atoms with Crippen molar-refractivity contribution in [3.8, 4) is 5.82 Å². The van der Waals surface area contributed by atoms with Gasteiger partial charge < -0.3 is 0 Å². The van der Waals surface area contributed by atoms with Gasteiger partial charge in [-0.2, -0.15) is 9.78 Å². The van der Waals surface area contributed by atoms with Gasteiger partial charge in [0, 0.05) is 10.7 Å². The minimum atomic E-state index is 0.317. The average Bonchev–Trinajstić information content (AvgIpc) is 2.67. The van der Waals surface area contributed by atoms with Crippen molar-refractivity contribution in [3.05, 3.63) is 35.0 Å². The zero-order valence-electron chi connectivity index (χ0n) is 7.06. The monoisotopic (exact) mass is 272 g/mol. The summed E-state index contributed by atoms with van der Waals surface area (Å²) < 4.78 is 2.54. The van der Waals surface area contributed by atoms with Crippen LogP contribution in [-0.4, -0.2) is 19.7 Å². The van der Waals surface area contributed by atoms with Gasteiger partial charge in [-0.05, 0) is 28.1 Å². The third kappa shape index (κ3) is 1.78. The Kier molecular flexibility index (Phi) is 2.79. The van der Waals surface area contributed by atoms with E-state index >= 15 is 0 Å². The highest BCUT2D eigenvalue weighted by Gasteiger charge is 2.05. The molecule has 0 aliphatic rings. The maximum absolute atomic E-state index is 5.69. The molecule has 2 heterocycles. The first-order valence-corrected chi connectivity index (χ1v) is 5.21. The molecular formula is C8H6BrClN4. The van der Waals surface area contributed by atoms with E-state index < -0.39 is 0 Å². The third-order valence-corrected chi connectivity index (χ3v) is 2.37. The normalized spacial score (nSPS) is 10.4. The molecule has 2 aromatic heterocycles. The summed E-state index contributed by atoms with van der Waals surface area (Å²) in [4.78, 5) is 8.19. The molecule has 0 N–H and O–H groups in total. The quantitative estimate of drug-likeness (QED) is 0.788. The van der Waals surface area contributed by atoms with Crippen LogP contribution in [0.3, 0.4) is 0 Å². The highest BCUT2D eigenvalue weighted by Crippen LogP contribution is 2.11. The summed E-state index contributed by atoms with van der Waals surface area (Å²) in [5, 5.41) is 4.03. The van der Waals surface area contributed by atoms with Crippen LogP contribution >= 0.6 is 27.5 Å². The first-order valence-electron chi connectivity index (χ1n) is 3.88. The molecule has 0 aromatic carbocycles. The van der Waals surface area contributed by atoms with E-state index in [1.165, 1.54) is 6.33 Å². The molecule has 0 unspecified atom stereocenters. The molecule has 2 aromatic rings. The van der Waals surface area contributed by atoms with Crippen LogP contribution < -0.4 is 0 Å². The molecule has 0 aliphatic carbocycles. The summed E-state index contributed by atoms with van der Waals surface area (Å²) in [5.41, 5.74) is 0. The van der Waals surface area contributed by atoms with Gasteiger partial charge in [0.15, 0.2) is 5.82 Å². The molecule has 14 heavy (non-hydrogen) atoms. The largest absolute Gasteiger partial charge is 0.236 e. The Labute approximate surface area is 94.1 Å². The van der Waals surface area contributed by atoms with Gasteiger partial charge in [0.2, 0.25) is 0 Å². The topological polar surface area (TPSA) is 43.6 Å². The van der Waals surface area contributed by atoms with Crippen LogP contribution in [0.5, 0.6) is 0 Å². The van der Waals surface area contributed by atoms with Crippen LogP contribution in [-0.2, 0) is 5.88 Å². The second-order valence-corrected chi connectivity index (χ2v) is 3.74. The molecule has 0 saturated carbocycles. The number of halogens is 2. The number of rotatable bonds is 2. The fourth-order valence-corrected chi connectivity index (χ4v) is 1.46. The third-order valence-electron chi connectivity index (χ3n) is 1.67. The maximum Gasteiger partial charge on any atom is 0.155 e. The van der Waals surface area contributed by atoms with E-state index in [2.05, 4.69) is 31.0 Å². The molecule has 6 heteroatoms. The molecule has 0 amide bonds. The highest BCUT2D eigenvalue weighted by atomic mass is 79.9. The predicted molar refractivity (Wildman–Crippen MR) is 56.4 cm³/mol. The summed E-state index contributed by atoms with van der Waals surface area (Å²) in [6, 6.07) is 3.73. The number of hydrogen-bond acceptors (Lipinski definition) is 3. The maximum atomic E-state index is 5.69. The van der Waals surface area contributed by atoms with Crippen molar-refractivity contribution in [1.29, 1.82) is 0 Å². The lowest BCUT2D eigenvalue weighted by Crippen LogP contribution is -2.03. The average molecular weight is 274 g/mol. The molecule has 0 atom stereocenters. The van der Waals surface area contributed by atoms with Crippen molar-refractivity contribution < 1.29 is 0 Å². The Morgan fingerprint density at radius 1 is 1.36 bits per heavy atom. The van der Waals surface area contributed by atoms with Gasteiger partial charge in [-0.15, -0.1) is 11.6 Å². The van der Waals surface area contributed by atoms with Gasteiger partial charge in [-0.25, -0.2) is 9.97 Å². The Morgan fingerprint density at radius 3 is 2.86 bits per heavy atom. The van der Waals surface area contributed by atoms with Crippen molar-refractivity contribution in [3.63, 3.8) is 0 Å². The summed E-state index contributed by atoms with van der Waals surface area (Å²) in [6.07, 6.45) is 3.16. The zero-order chi connectivity index (χ0) is 9.97. The van der Waals surface area contributed by atoms with E-state index in [-0.39, 0.29) is 0 Å². The molecule has 4 nitrogen and oxygen atoms in total. The molecule has 0 fully saturated rings. The molecule has 72 valence electrons. The standard InChI is InChI=1S/C8H6BrClN4/c9-6-1-2-7(11-4-6)14-8(3-10)12-5-13-14/h1-2,4-5H,3H2. The second kappa shape index (κ2) is 4.06. The van der Waals surface area contributed by atoms with Crippen molar-refractivity contribution in [1.82, 2.24) is 19.7 Å². The lowest BCUT2D eigenvalue weighted by molar-refractivity contribution is 0.804. The highest BCUT2D eigenvalue weighted by molar-refractivity contribution is 9.10. The summed E-state index contributed by atoms with van der Waals surface area (Å²) >= 11 is 9.00. The fraction of sp³-hybridized carbons (Fsp3) is 0.125. The molecule has 0 spiro atoms.